The SMILES string of the molecule is COCCn1c(-c2ccc3c(c2)NC(=O)CO3)csc1=Nc1ccc(F)cc1F. The lowest BCUT2D eigenvalue weighted by Gasteiger charge is -2.19. The summed E-state index contributed by atoms with van der Waals surface area (Å²) in [6.07, 6.45) is 0. The third-order valence-corrected chi connectivity index (χ3v) is 5.21. The van der Waals surface area contributed by atoms with Crippen molar-refractivity contribution in [3.05, 3.63) is 58.2 Å². The molecule has 0 aliphatic carbocycles. The molecule has 1 aliphatic rings. The van der Waals surface area contributed by atoms with Gasteiger partial charge in [0.1, 0.15) is 17.3 Å². The zero-order valence-corrected chi connectivity index (χ0v) is 16.3. The zero-order valence-electron chi connectivity index (χ0n) is 15.4. The van der Waals surface area contributed by atoms with Gasteiger partial charge in [0.25, 0.3) is 5.91 Å². The predicted octanol–water partition coefficient (Wildman–Crippen LogP) is 3.70. The van der Waals surface area contributed by atoms with Gasteiger partial charge in [-0.05, 0) is 30.3 Å². The van der Waals surface area contributed by atoms with Crippen molar-refractivity contribution in [3.8, 4) is 17.0 Å². The second kappa shape index (κ2) is 8.14. The highest BCUT2D eigenvalue weighted by molar-refractivity contribution is 7.07. The average molecular weight is 417 g/mol. The van der Waals surface area contributed by atoms with Gasteiger partial charge in [0, 0.05) is 30.7 Å². The molecule has 29 heavy (non-hydrogen) atoms. The number of anilines is 1. The van der Waals surface area contributed by atoms with Crippen LogP contribution in [0.1, 0.15) is 0 Å². The number of ether oxygens (including phenoxy) is 2. The number of halogens is 2. The normalized spacial score (nSPS) is 13.8. The molecule has 9 heteroatoms. The van der Waals surface area contributed by atoms with Crippen LogP contribution in [0.2, 0.25) is 0 Å². The number of benzene rings is 2. The molecule has 150 valence electrons. The summed E-state index contributed by atoms with van der Waals surface area (Å²) < 4.78 is 39.7. The number of methoxy groups -OCH3 is 1. The van der Waals surface area contributed by atoms with E-state index in [-0.39, 0.29) is 18.2 Å². The lowest BCUT2D eigenvalue weighted by Crippen LogP contribution is -2.25. The zero-order chi connectivity index (χ0) is 20.4. The third kappa shape index (κ3) is 4.06. The molecule has 0 saturated heterocycles. The van der Waals surface area contributed by atoms with Gasteiger partial charge in [-0.2, -0.15) is 0 Å². The van der Waals surface area contributed by atoms with Crippen LogP contribution in [0.5, 0.6) is 5.75 Å². The highest BCUT2D eigenvalue weighted by Crippen LogP contribution is 2.33. The molecule has 2 heterocycles. The molecular weight excluding hydrogens is 400 g/mol. The summed E-state index contributed by atoms with van der Waals surface area (Å²) in [5, 5.41) is 4.68. The number of amides is 1. The summed E-state index contributed by atoms with van der Waals surface area (Å²) in [6, 6.07) is 8.76. The van der Waals surface area contributed by atoms with Crippen LogP contribution < -0.4 is 14.9 Å². The van der Waals surface area contributed by atoms with E-state index in [0.29, 0.717) is 29.4 Å². The highest BCUT2D eigenvalue weighted by atomic mass is 32.1. The molecular formula is C20H17F2N3O3S. The summed E-state index contributed by atoms with van der Waals surface area (Å²) in [5.41, 5.74) is 2.31. The first-order valence-corrected chi connectivity index (χ1v) is 9.67. The molecule has 0 saturated carbocycles. The van der Waals surface area contributed by atoms with E-state index < -0.39 is 11.6 Å². The predicted molar refractivity (Wildman–Crippen MR) is 105 cm³/mol. The van der Waals surface area contributed by atoms with Gasteiger partial charge in [0.05, 0.1) is 18.0 Å². The second-order valence-corrected chi connectivity index (χ2v) is 7.14. The summed E-state index contributed by atoms with van der Waals surface area (Å²) in [4.78, 5) is 16.5. The van der Waals surface area contributed by atoms with Crippen molar-refractivity contribution in [2.24, 2.45) is 4.99 Å². The van der Waals surface area contributed by atoms with Gasteiger partial charge in [-0.3, -0.25) is 4.79 Å². The van der Waals surface area contributed by atoms with Crippen LogP contribution >= 0.6 is 11.3 Å². The fraction of sp³-hybridized carbons (Fsp3) is 0.200. The minimum Gasteiger partial charge on any atom is -0.482 e. The van der Waals surface area contributed by atoms with Crippen molar-refractivity contribution in [1.29, 1.82) is 0 Å². The number of hydrogen-bond acceptors (Lipinski definition) is 5. The van der Waals surface area contributed by atoms with Crippen molar-refractivity contribution in [3.63, 3.8) is 0 Å². The Bertz CT molecular complexity index is 1140. The molecule has 1 N–H and O–H groups in total. The Morgan fingerprint density at radius 3 is 2.93 bits per heavy atom. The molecule has 0 unspecified atom stereocenters. The Morgan fingerprint density at radius 2 is 2.14 bits per heavy atom. The van der Waals surface area contributed by atoms with Crippen LogP contribution in [0.15, 0.2) is 46.8 Å². The molecule has 1 aromatic heterocycles. The number of hydrogen-bond donors (Lipinski definition) is 1. The number of carbonyl (C=O) groups is 1. The van der Waals surface area contributed by atoms with E-state index in [1.807, 2.05) is 22.1 Å². The first-order valence-electron chi connectivity index (χ1n) is 8.79. The number of nitrogens with one attached hydrogen (secondary N) is 1. The summed E-state index contributed by atoms with van der Waals surface area (Å²) in [7, 11) is 1.59. The van der Waals surface area contributed by atoms with Crippen molar-refractivity contribution in [2.45, 2.75) is 6.54 Å². The molecule has 2 aromatic carbocycles. The number of thiazole rings is 1. The molecule has 0 fully saturated rings. The van der Waals surface area contributed by atoms with Crippen LogP contribution in [0, 0.1) is 11.6 Å². The second-order valence-electron chi connectivity index (χ2n) is 6.30. The van der Waals surface area contributed by atoms with E-state index in [1.54, 1.807) is 13.2 Å². The Kier molecular flexibility index (Phi) is 5.41. The van der Waals surface area contributed by atoms with Crippen molar-refractivity contribution >= 4 is 28.6 Å². The Morgan fingerprint density at radius 1 is 1.28 bits per heavy atom. The van der Waals surface area contributed by atoms with E-state index in [2.05, 4.69) is 10.3 Å². The Balaban J connectivity index is 1.79. The van der Waals surface area contributed by atoms with Crippen molar-refractivity contribution in [2.75, 3.05) is 25.6 Å². The van der Waals surface area contributed by atoms with Gasteiger partial charge in [-0.25, -0.2) is 13.8 Å². The van der Waals surface area contributed by atoms with Crippen LogP contribution in [0.3, 0.4) is 0 Å². The smallest absolute Gasteiger partial charge is 0.262 e. The number of rotatable bonds is 5. The first-order chi connectivity index (χ1) is 14.0. The van der Waals surface area contributed by atoms with Crippen LogP contribution in [0.4, 0.5) is 20.2 Å². The van der Waals surface area contributed by atoms with E-state index in [9.17, 15) is 13.6 Å². The minimum absolute atomic E-state index is 0.00903. The van der Waals surface area contributed by atoms with Gasteiger partial charge < -0.3 is 19.4 Å². The molecule has 0 atom stereocenters. The number of fused-ring (bicyclic) bond motifs is 1. The molecule has 1 amide bonds. The van der Waals surface area contributed by atoms with Gasteiger partial charge in [0.15, 0.2) is 17.2 Å². The van der Waals surface area contributed by atoms with Crippen molar-refractivity contribution < 1.29 is 23.0 Å². The monoisotopic (exact) mass is 417 g/mol. The van der Waals surface area contributed by atoms with Crippen LogP contribution in [-0.4, -0.2) is 30.8 Å². The summed E-state index contributed by atoms with van der Waals surface area (Å²) in [6.45, 7) is 0.898. The van der Waals surface area contributed by atoms with E-state index in [1.165, 1.54) is 23.5 Å². The molecule has 6 nitrogen and oxygen atoms in total. The number of nitrogens with zero attached hydrogens (tertiary/aromatic N) is 2. The van der Waals surface area contributed by atoms with E-state index in [4.69, 9.17) is 9.47 Å². The first kappa shape index (κ1) is 19.3. The molecule has 0 bridgehead atoms. The van der Waals surface area contributed by atoms with E-state index in [0.717, 1.165) is 17.3 Å². The van der Waals surface area contributed by atoms with Gasteiger partial charge in [-0.15, -0.1) is 11.3 Å². The fourth-order valence-corrected chi connectivity index (χ4v) is 3.91. The fourth-order valence-electron chi connectivity index (χ4n) is 2.97. The Labute approximate surface area is 169 Å². The summed E-state index contributed by atoms with van der Waals surface area (Å²) in [5.74, 6) is -0.995. The maximum Gasteiger partial charge on any atom is 0.262 e. The number of aromatic nitrogens is 1. The maximum absolute atomic E-state index is 14.1. The van der Waals surface area contributed by atoms with Gasteiger partial charge in [0.2, 0.25) is 0 Å². The maximum atomic E-state index is 14.1. The topological polar surface area (TPSA) is 64.8 Å². The van der Waals surface area contributed by atoms with Crippen molar-refractivity contribution in [1.82, 2.24) is 4.57 Å². The largest absolute Gasteiger partial charge is 0.482 e. The number of carbonyl (C=O) groups excluding carboxylic acids is 1. The standard InChI is InChI=1S/C20H17F2N3O3S/c1-27-7-6-25-17(12-2-5-18-16(8-12)23-19(26)10-28-18)11-29-20(25)24-15-4-3-13(21)9-14(15)22/h2-5,8-9,11H,6-7,10H2,1H3,(H,23,26). The Hall–Kier alpha value is -3.04. The van der Waals surface area contributed by atoms with Gasteiger partial charge >= 0.3 is 0 Å². The van der Waals surface area contributed by atoms with Crippen LogP contribution in [-0.2, 0) is 16.1 Å². The highest BCUT2D eigenvalue weighted by Gasteiger charge is 2.18. The lowest BCUT2D eigenvalue weighted by atomic mass is 10.1. The molecule has 0 radical (unpaired) electrons. The molecule has 4 rings (SSSR count). The summed E-state index contributed by atoms with van der Waals surface area (Å²) >= 11 is 1.33. The average Bonchev–Trinajstić information content (AvgIpc) is 3.10. The van der Waals surface area contributed by atoms with Crippen LogP contribution in [0.25, 0.3) is 11.3 Å². The van der Waals surface area contributed by atoms with Gasteiger partial charge in [-0.1, -0.05) is 0 Å². The minimum atomic E-state index is -0.730. The third-order valence-electron chi connectivity index (χ3n) is 4.35. The lowest BCUT2D eigenvalue weighted by molar-refractivity contribution is -0.118. The molecule has 0 spiro atoms. The molecule has 1 aliphatic heterocycles. The van der Waals surface area contributed by atoms with E-state index >= 15 is 0 Å². The quantitative estimate of drug-likeness (QED) is 0.689. The molecule has 3 aromatic rings.